The summed E-state index contributed by atoms with van der Waals surface area (Å²) in [4.78, 5) is 36.4. The van der Waals surface area contributed by atoms with E-state index in [0.717, 1.165) is 22.3 Å². The molecule has 0 aromatic heterocycles. The number of hydrogen-bond donors (Lipinski definition) is 3. The average molecular weight is 467 g/mol. The molecule has 1 aliphatic carbocycles. The number of carboxylic acid groups (broad SMARTS) is 1. The van der Waals surface area contributed by atoms with Gasteiger partial charge in [-0.3, -0.25) is 9.59 Å². The van der Waals surface area contributed by atoms with Crippen LogP contribution in [-0.2, 0) is 14.3 Å². The molecule has 3 N–H and O–H groups in total. The van der Waals surface area contributed by atoms with Crippen molar-refractivity contribution >= 4 is 18.0 Å². The van der Waals surface area contributed by atoms with Crippen molar-refractivity contribution in [2.45, 2.75) is 65.0 Å². The molecule has 34 heavy (non-hydrogen) atoms. The summed E-state index contributed by atoms with van der Waals surface area (Å²) >= 11 is 0. The molecule has 0 saturated carbocycles. The Hall–Kier alpha value is -3.35. The lowest BCUT2D eigenvalue weighted by molar-refractivity contribution is -0.137. The van der Waals surface area contributed by atoms with Gasteiger partial charge in [0.1, 0.15) is 12.6 Å². The number of benzene rings is 2. The number of aliphatic carboxylic acids is 1. The Morgan fingerprint density at radius 1 is 0.971 bits per heavy atom. The lowest BCUT2D eigenvalue weighted by Crippen LogP contribution is -2.55. The van der Waals surface area contributed by atoms with Gasteiger partial charge >= 0.3 is 12.1 Å². The maximum Gasteiger partial charge on any atom is 0.407 e. The van der Waals surface area contributed by atoms with E-state index in [2.05, 4.69) is 34.9 Å². The summed E-state index contributed by atoms with van der Waals surface area (Å²) in [6.45, 7) is 7.61. The minimum atomic E-state index is -0.858. The fraction of sp³-hybridized carbons (Fsp3) is 0.444. The van der Waals surface area contributed by atoms with Gasteiger partial charge in [0.05, 0.1) is 0 Å². The van der Waals surface area contributed by atoms with E-state index >= 15 is 0 Å². The molecule has 7 heteroatoms. The molecule has 0 fully saturated rings. The number of nitrogens with one attached hydrogen (secondary N) is 2. The van der Waals surface area contributed by atoms with E-state index < -0.39 is 23.5 Å². The Bertz CT molecular complexity index is 998. The smallest absolute Gasteiger partial charge is 0.407 e. The van der Waals surface area contributed by atoms with Crippen LogP contribution in [0, 0.1) is 5.41 Å². The van der Waals surface area contributed by atoms with Crippen molar-refractivity contribution in [2.24, 2.45) is 5.41 Å². The van der Waals surface area contributed by atoms with E-state index in [-0.39, 0.29) is 30.9 Å². The summed E-state index contributed by atoms with van der Waals surface area (Å²) < 4.78 is 5.62. The first kappa shape index (κ1) is 25.3. The Labute approximate surface area is 200 Å². The molecule has 2 aromatic carbocycles. The van der Waals surface area contributed by atoms with E-state index in [0.29, 0.717) is 12.8 Å². The predicted molar refractivity (Wildman–Crippen MR) is 131 cm³/mol. The third-order valence-electron chi connectivity index (χ3n) is 6.15. The number of hydrogen-bond acceptors (Lipinski definition) is 4. The Morgan fingerprint density at radius 3 is 2.06 bits per heavy atom. The molecule has 1 aliphatic rings. The van der Waals surface area contributed by atoms with Crippen LogP contribution in [0.25, 0.3) is 11.1 Å². The van der Waals surface area contributed by atoms with Crippen molar-refractivity contribution < 1.29 is 24.2 Å². The van der Waals surface area contributed by atoms with Gasteiger partial charge in [0.25, 0.3) is 0 Å². The second kappa shape index (κ2) is 10.7. The fourth-order valence-corrected chi connectivity index (χ4v) is 4.39. The maximum atomic E-state index is 12.9. The van der Waals surface area contributed by atoms with E-state index in [4.69, 9.17) is 9.84 Å². The number of amides is 2. The number of carbonyl (C=O) groups excluding carboxylic acids is 2. The summed E-state index contributed by atoms with van der Waals surface area (Å²) in [5.74, 6) is -1.24. The van der Waals surface area contributed by atoms with Crippen molar-refractivity contribution in [1.29, 1.82) is 0 Å². The molecule has 0 bridgehead atoms. The monoisotopic (exact) mass is 466 g/mol. The minimum absolute atomic E-state index is 0.0565. The summed E-state index contributed by atoms with van der Waals surface area (Å²) in [5.41, 5.74) is 4.00. The largest absolute Gasteiger partial charge is 0.481 e. The molecule has 0 heterocycles. The van der Waals surface area contributed by atoms with Crippen LogP contribution in [0.4, 0.5) is 4.79 Å². The highest BCUT2D eigenvalue weighted by atomic mass is 16.5. The average Bonchev–Trinajstić information content (AvgIpc) is 3.08. The topological polar surface area (TPSA) is 105 Å². The highest BCUT2D eigenvalue weighted by Crippen LogP contribution is 2.44. The van der Waals surface area contributed by atoms with Crippen LogP contribution in [-0.4, -0.2) is 41.8 Å². The zero-order valence-corrected chi connectivity index (χ0v) is 20.3. The van der Waals surface area contributed by atoms with Crippen molar-refractivity contribution in [1.82, 2.24) is 10.6 Å². The van der Waals surface area contributed by atoms with Crippen LogP contribution in [0.5, 0.6) is 0 Å². The van der Waals surface area contributed by atoms with Gasteiger partial charge in [-0.2, -0.15) is 0 Å². The first-order chi connectivity index (χ1) is 16.1. The number of rotatable bonds is 9. The minimum Gasteiger partial charge on any atom is -0.481 e. The normalized spacial score (nSPS) is 14.5. The summed E-state index contributed by atoms with van der Waals surface area (Å²) in [7, 11) is 0. The maximum absolute atomic E-state index is 12.9. The van der Waals surface area contributed by atoms with Gasteiger partial charge in [-0.05, 0) is 47.4 Å². The second-order valence-electron chi connectivity index (χ2n) is 9.96. The van der Waals surface area contributed by atoms with Crippen molar-refractivity contribution in [2.75, 3.05) is 6.61 Å². The van der Waals surface area contributed by atoms with Gasteiger partial charge < -0.3 is 20.5 Å². The third-order valence-corrected chi connectivity index (χ3v) is 6.15. The molecule has 0 aliphatic heterocycles. The number of ether oxygens (including phenoxy) is 1. The van der Waals surface area contributed by atoms with Gasteiger partial charge in [0.2, 0.25) is 5.91 Å². The van der Waals surface area contributed by atoms with E-state index in [9.17, 15) is 14.4 Å². The molecule has 3 rings (SSSR count). The predicted octanol–water partition coefficient (Wildman–Crippen LogP) is 4.70. The quantitative estimate of drug-likeness (QED) is 0.497. The molecule has 0 spiro atoms. The number of alkyl carbamates (subject to hydrolysis) is 1. The summed E-state index contributed by atoms with van der Waals surface area (Å²) in [5, 5.41) is 14.4. The van der Waals surface area contributed by atoms with Gasteiger partial charge in [-0.15, -0.1) is 0 Å². The first-order valence-corrected chi connectivity index (χ1v) is 11.7. The van der Waals surface area contributed by atoms with Gasteiger partial charge in [0.15, 0.2) is 0 Å². The van der Waals surface area contributed by atoms with Crippen LogP contribution in [0.15, 0.2) is 48.5 Å². The van der Waals surface area contributed by atoms with Crippen LogP contribution < -0.4 is 10.6 Å². The number of fused-ring (bicyclic) bond motifs is 3. The molecule has 2 amide bonds. The van der Waals surface area contributed by atoms with Gasteiger partial charge in [0, 0.05) is 18.4 Å². The SMILES string of the molecule is CC(CCCC(=O)O)NC(=O)C(NC(=O)OCC1c2ccccc2-c2ccccc21)C(C)(C)C. The second-order valence-corrected chi connectivity index (χ2v) is 9.96. The standard InChI is InChI=1S/C27H34N2O5/c1-17(10-9-15-23(30)31)28-25(32)24(27(2,3)4)29-26(33)34-16-22-20-13-7-5-11-18(20)19-12-6-8-14-21(19)22/h5-8,11-14,17,22,24H,9-10,15-16H2,1-4H3,(H,28,32)(H,29,33)(H,30,31). The molecule has 0 radical (unpaired) electrons. The van der Waals surface area contributed by atoms with E-state index in [1.54, 1.807) is 0 Å². The van der Waals surface area contributed by atoms with Crippen LogP contribution >= 0.6 is 0 Å². The van der Waals surface area contributed by atoms with Crippen molar-refractivity contribution in [3.63, 3.8) is 0 Å². The lowest BCUT2D eigenvalue weighted by atomic mass is 9.86. The van der Waals surface area contributed by atoms with Gasteiger partial charge in [-0.25, -0.2) is 4.79 Å². The zero-order valence-electron chi connectivity index (χ0n) is 20.3. The van der Waals surface area contributed by atoms with Crippen LogP contribution in [0.1, 0.15) is 64.0 Å². The van der Waals surface area contributed by atoms with Crippen molar-refractivity contribution in [3.05, 3.63) is 59.7 Å². The van der Waals surface area contributed by atoms with E-state index in [1.807, 2.05) is 52.0 Å². The Kier molecular flexibility index (Phi) is 7.97. The molecule has 0 saturated heterocycles. The molecule has 7 nitrogen and oxygen atoms in total. The first-order valence-electron chi connectivity index (χ1n) is 11.7. The molecule has 2 aromatic rings. The summed E-state index contributed by atoms with van der Waals surface area (Å²) in [6.07, 6.45) is 0.424. The number of carbonyl (C=O) groups is 3. The molecule has 2 unspecified atom stereocenters. The van der Waals surface area contributed by atoms with Crippen LogP contribution in [0.3, 0.4) is 0 Å². The fourth-order valence-electron chi connectivity index (χ4n) is 4.39. The Balaban J connectivity index is 1.61. The third kappa shape index (κ3) is 6.16. The van der Waals surface area contributed by atoms with Crippen molar-refractivity contribution in [3.8, 4) is 11.1 Å². The summed E-state index contributed by atoms with van der Waals surface area (Å²) in [6, 6.07) is 15.2. The van der Waals surface area contributed by atoms with Crippen LogP contribution in [0.2, 0.25) is 0 Å². The molecular formula is C27H34N2O5. The highest BCUT2D eigenvalue weighted by Gasteiger charge is 2.35. The Morgan fingerprint density at radius 2 is 1.53 bits per heavy atom. The highest BCUT2D eigenvalue weighted by molar-refractivity contribution is 5.86. The molecule has 182 valence electrons. The zero-order chi connectivity index (χ0) is 24.9. The molecular weight excluding hydrogens is 432 g/mol. The van der Waals surface area contributed by atoms with Gasteiger partial charge in [-0.1, -0.05) is 69.3 Å². The number of carboxylic acids is 1. The van der Waals surface area contributed by atoms with E-state index in [1.165, 1.54) is 0 Å². The molecule has 2 atom stereocenters. The lowest BCUT2D eigenvalue weighted by Gasteiger charge is -2.31.